The number of hydrogen-bond acceptors (Lipinski definition) is 3. The molecule has 5 heteroatoms. The van der Waals surface area contributed by atoms with E-state index in [2.05, 4.69) is 10.1 Å². The number of methoxy groups -OCH3 is 1. The number of halogens is 1. The number of alkyl halides is 1. The second-order valence-electron chi connectivity index (χ2n) is 3.55. The zero-order valence-electron chi connectivity index (χ0n) is 9.70. The second kappa shape index (κ2) is 6.25. The van der Waals surface area contributed by atoms with Gasteiger partial charge < -0.3 is 10.1 Å². The monoisotopic (exact) mass is 255 g/mol. The van der Waals surface area contributed by atoms with Crippen LogP contribution >= 0.6 is 11.6 Å². The fourth-order valence-electron chi connectivity index (χ4n) is 1.31. The van der Waals surface area contributed by atoms with E-state index in [-0.39, 0.29) is 5.91 Å². The number of carbonyl (C=O) groups is 2. The van der Waals surface area contributed by atoms with Crippen molar-refractivity contribution < 1.29 is 14.3 Å². The summed E-state index contributed by atoms with van der Waals surface area (Å²) in [5.41, 5.74) is 1.32. The predicted octanol–water partition coefficient (Wildman–Crippen LogP) is 1.72. The first-order valence-electron chi connectivity index (χ1n) is 5.12. The molecule has 4 nitrogen and oxygen atoms in total. The zero-order chi connectivity index (χ0) is 12.8. The molecule has 1 rings (SSSR count). The molecule has 0 aliphatic rings. The number of nitrogens with one attached hydrogen (secondary N) is 1. The van der Waals surface area contributed by atoms with E-state index in [9.17, 15) is 9.59 Å². The molecule has 0 radical (unpaired) electrons. The molecule has 1 N–H and O–H groups in total. The van der Waals surface area contributed by atoms with Crippen molar-refractivity contribution in [2.75, 3.05) is 7.11 Å². The highest BCUT2D eigenvalue weighted by atomic mass is 35.5. The number of rotatable bonds is 4. The quantitative estimate of drug-likeness (QED) is 0.658. The molecule has 17 heavy (non-hydrogen) atoms. The van der Waals surface area contributed by atoms with Gasteiger partial charge in [-0.3, -0.25) is 4.79 Å². The highest BCUT2D eigenvalue weighted by Gasteiger charge is 2.16. The minimum atomic E-state index is -0.674. The molecule has 0 saturated carbocycles. The molecule has 0 unspecified atom stereocenters. The molecular weight excluding hydrogens is 242 g/mol. The maximum atomic E-state index is 11.8. The summed E-state index contributed by atoms with van der Waals surface area (Å²) in [5, 5.41) is 2.54. The van der Waals surface area contributed by atoms with Crippen LogP contribution in [0.15, 0.2) is 24.3 Å². The van der Waals surface area contributed by atoms with E-state index in [0.717, 1.165) is 5.56 Å². The third-order valence-corrected chi connectivity index (χ3v) is 2.55. The Kier molecular flexibility index (Phi) is 4.97. The van der Waals surface area contributed by atoms with Crippen LogP contribution in [0.2, 0.25) is 0 Å². The van der Waals surface area contributed by atoms with Crippen LogP contribution < -0.4 is 5.32 Å². The van der Waals surface area contributed by atoms with Crippen LogP contribution in [0.5, 0.6) is 0 Å². The molecule has 1 aromatic rings. The van der Waals surface area contributed by atoms with Crippen LogP contribution in [0.4, 0.5) is 0 Å². The molecule has 0 aliphatic carbocycles. The molecule has 92 valence electrons. The lowest BCUT2D eigenvalue weighted by Gasteiger charge is -2.11. The molecule has 1 atom stereocenters. The average Bonchev–Trinajstić information content (AvgIpc) is 2.37. The van der Waals surface area contributed by atoms with Crippen LogP contribution in [-0.2, 0) is 15.4 Å². The highest BCUT2D eigenvalue weighted by molar-refractivity contribution is 6.17. The molecule has 0 aliphatic heterocycles. The van der Waals surface area contributed by atoms with Crippen molar-refractivity contribution in [1.29, 1.82) is 0 Å². The van der Waals surface area contributed by atoms with Gasteiger partial charge in [-0.05, 0) is 24.6 Å². The van der Waals surface area contributed by atoms with Gasteiger partial charge in [0.2, 0.25) is 0 Å². The summed E-state index contributed by atoms with van der Waals surface area (Å²) in [6.07, 6.45) is 0. The summed E-state index contributed by atoms with van der Waals surface area (Å²) in [6.45, 7) is 1.56. The fourth-order valence-corrected chi connectivity index (χ4v) is 1.48. The van der Waals surface area contributed by atoms with Crippen molar-refractivity contribution in [3.8, 4) is 0 Å². The molecular formula is C12H14ClNO3. The Labute approximate surface area is 105 Å². The number of hydrogen-bond donors (Lipinski definition) is 1. The highest BCUT2D eigenvalue weighted by Crippen LogP contribution is 2.08. The fraction of sp³-hybridized carbons (Fsp3) is 0.333. The minimum absolute atomic E-state index is 0.324. The van der Waals surface area contributed by atoms with Gasteiger partial charge in [-0.2, -0.15) is 0 Å². The molecule has 0 heterocycles. The molecule has 0 aromatic heterocycles. The van der Waals surface area contributed by atoms with E-state index in [1.54, 1.807) is 25.1 Å². The number of amides is 1. The Balaban J connectivity index is 2.72. The molecule has 0 spiro atoms. The van der Waals surface area contributed by atoms with Crippen LogP contribution in [0.25, 0.3) is 0 Å². The summed E-state index contributed by atoms with van der Waals surface area (Å²) < 4.78 is 4.52. The van der Waals surface area contributed by atoms with Gasteiger partial charge in [0.15, 0.2) is 0 Å². The SMILES string of the molecule is COC(=O)[C@H](C)NC(=O)c1cccc(CCl)c1. The van der Waals surface area contributed by atoms with Crippen molar-refractivity contribution in [3.63, 3.8) is 0 Å². The van der Waals surface area contributed by atoms with Crippen LogP contribution in [0, 0.1) is 0 Å². The standard InChI is InChI=1S/C12H14ClNO3/c1-8(12(16)17-2)14-11(15)10-5-3-4-9(6-10)7-13/h3-6,8H,7H2,1-2H3,(H,14,15)/t8-/m0/s1. The van der Waals surface area contributed by atoms with Crippen LogP contribution in [0.3, 0.4) is 0 Å². The van der Waals surface area contributed by atoms with Crippen molar-refractivity contribution >= 4 is 23.5 Å². The van der Waals surface area contributed by atoms with Gasteiger partial charge in [-0.1, -0.05) is 12.1 Å². The van der Waals surface area contributed by atoms with Crippen molar-refractivity contribution in [2.24, 2.45) is 0 Å². The number of carbonyl (C=O) groups excluding carboxylic acids is 2. The first kappa shape index (κ1) is 13.5. The Morgan fingerprint density at radius 2 is 2.18 bits per heavy atom. The third kappa shape index (κ3) is 3.75. The van der Waals surface area contributed by atoms with Crippen molar-refractivity contribution in [1.82, 2.24) is 5.32 Å². The van der Waals surface area contributed by atoms with Crippen LogP contribution in [-0.4, -0.2) is 25.0 Å². The minimum Gasteiger partial charge on any atom is -0.467 e. The molecule has 1 aromatic carbocycles. The normalized spacial score (nSPS) is 11.7. The Hall–Kier alpha value is -1.55. The summed E-state index contributed by atoms with van der Waals surface area (Å²) in [4.78, 5) is 22.9. The molecule has 0 saturated heterocycles. The van der Waals surface area contributed by atoms with E-state index in [0.29, 0.717) is 11.4 Å². The lowest BCUT2D eigenvalue weighted by molar-refractivity contribution is -0.142. The third-order valence-electron chi connectivity index (χ3n) is 2.25. The van der Waals surface area contributed by atoms with Gasteiger partial charge >= 0.3 is 5.97 Å². The second-order valence-corrected chi connectivity index (χ2v) is 3.82. The van der Waals surface area contributed by atoms with E-state index < -0.39 is 12.0 Å². The van der Waals surface area contributed by atoms with E-state index in [4.69, 9.17) is 11.6 Å². The van der Waals surface area contributed by atoms with E-state index in [1.165, 1.54) is 7.11 Å². The molecule has 0 bridgehead atoms. The maximum Gasteiger partial charge on any atom is 0.328 e. The summed E-state index contributed by atoms with van der Waals surface area (Å²) in [6, 6.07) is 6.25. The number of esters is 1. The summed E-state index contributed by atoms with van der Waals surface area (Å²) in [5.74, 6) is -0.463. The number of benzene rings is 1. The Morgan fingerprint density at radius 3 is 2.76 bits per heavy atom. The van der Waals surface area contributed by atoms with E-state index in [1.807, 2.05) is 6.07 Å². The van der Waals surface area contributed by atoms with Crippen molar-refractivity contribution in [3.05, 3.63) is 35.4 Å². The lowest BCUT2D eigenvalue weighted by atomic mass is 10.1. The average molecular weight is 256 g/mol. The van der Waals surface area contributed by atoms with Gasteiger partial charge in [-0.15, -0.1) is 11.6 Å². The summed E-state index contributed by atoms with van der Waals surface area (Å²) >= 11 is 5.68. The van der Waals surface area contributed by atoms with Gasteiger partial charge in [-0.25, -0.2) is 4.79 Å². The Morgan fingerprint density at radius 1 is 1.47 bits per heavy atom. The predicted molar refractivity (Wildman–Crippen MR) is 64.9 cm³/mol. The summed E-state index contributed by atoms with van der Waals surface area (Å²) in [7, 11) is 1.28. The first-order chi connectivity index (χ1) is 8.08. The van der Waals surface area contributed by atoms with E-state index >= 15 is 0 Å². The van der Waals surface area contributed by atoms with Crippen LogP contribution in [0.1, 0.15) is 22.8 Å². The zero-order valence-corrected chi connectivity index (χ0v) is 10.5. The Bertz CT molecular complexity index is 420. The molecule has 1 amide bonds. The van der Waals surface area contributed by atoms with Gasteiger partial charge in [0.25, 0.3) is 5.91 Å². The van der Waals surface area contributed by atoms with Gasteiger partial charge in [0.05, 0.1) is 7.11 Å². The topological polar surface area (TPSA) is 55.4 Å². The van der Waals surface area contributed by atoms with Gasteiger partial charge in [0, 0.05) is 11.4 Å². The first-order valence-corrected chi connectivity index (χ1v) is 5.65. The largest absolute Gasteiger partial charge is 0.467 e. The van der Waals surface area contributed by atoms with Gasteiger partial charge in [0.1, 0.15) is 6.04 Å². The van der Waals surface area contributed by atoms with Crippen molar-refractivity contribution in [2.45, 2.75) is 18.8 Å². The maximum absolute atomic E-state index is 11.8. The smallest absolute Gasteiger partial charge is 0.328 e. The lowest BCUT2D eigenvalue weighted by Crippen LogP contribution is -2.39. The number of ether oxygens (including phenoxy) is 1. The molecule has 0 fully saturated rings.